The first kappa shape index (κ1) is 13.3. The first-order valence-electron chi connectivity index (χ1n) is 6.33. The number of rotatable bonds is 4. The van der Waals surface area contributed by atoms with Crippen LogP contribution in [0.25, 0.3) is 5.57 Å². The molecule has 0 saturated heterocycles. The minimum absolute atomic E-state index is 0.295. The molecule has 0 saturated carbocycles. The quantitative estimate of drug-likeness (QED) is 0.775. The van der Waals surface area contributed by atoms with Gasteiger partial charge >= 0.3 is 0 Å². The third kappa shape index (κ3) is 2.81. The molecule has 19 heavy (non-hydrogen) atoms. The summed E-state index contributed by atoms with van der Waals surface area (Å²) in [5.74, 6) is -0.0684. The normalized spacial score (nSPS) is 14.6. The van der Waals surface area contributed by atoms with E-state index in [-0.39, 0.29) is 11.8 Å². The molecule has 2 amide bonds. The summed E-state index contributed by atoms with van der Waals surface area (Å²) in [7, 11) is 0. The van der Waals surface area contributed by atoms with Crippen molar-refractivity contribution in [2.75, 3.05) is 4.90 Å². The van der Waals surface area contributed by atoms with E-state index in [1.54, 1.807) is 6.07 Å². The Hall–Kier alpha value is -2.16. The van der Waals surface area contributed by atoms with E-state index in [9.17, 15) is 9.59 Å². The maximum Gasteiger partial charge on any atom is 0.258 e. The van der Waals surface area contributed by atoms with Gasteiger partial charge in [0.2, 0.25) is 0 Å². The van der Waals surface area contributed by atoms with Gasteiger partial charge < -0.3 is 0 Å². The van der Waals surface area contributed by atoms with Crippen molar-refractivity contribution >= 4 is 23.1 Å². The Labute approximate surface area is 113 Å². The van der Waals surface area contributed by atoms with Crippen LogP contribution >= 0.6 is 0 Å². The van der Waals surface area contributed by atoms with Gasteiger partial charge in [-0.2, -0.15) is 0 Å². The molecule has 0 N–H and O–H groups in total. The fraction of sp³-hybridized carbons (Fsp3) is 0.250. The van der Waals surface area contributed by atoms with E-state index in [2.05, 4.69) is 20.4 Å². The third-order valence-corrected chi connectivity index (χ3v) is 2.98. The van der Waals surface area contributed by atoms with Crippen LogP contribution in [0.3, 0.4) is 0 Å². The minimum Gasteiger partial charge on any atom is -0.269 e. The van der Waals surface area contributed by atoms with Crippen LogP contribution < -0.4 is 4.90 Å². The molecule has 0 spiro atoms. The number of allylic oxidation sites excluding steroid dienone is 1. The fourth-order valence-electron chi connectivity index (χ4n) is 2.13. The summed E-state index contributed by atoms with van der Waals surface area (Å²) in [5, 5.41) is 0. The van der Waals surface area contributed by atoms with Gasteiger partial charge in [0.1, 0.15) is 0 Å². The third-order valence-electron chi connectivity index (χ3n) is 2.98. The zero-order valence-corrected chi connectivity index (χ0v) is 11.2. The maximum absolute atomic E-state index is 11.6. The van der Waals surface area contributed by atoms with Crippen LogP contribution in [-0.2, 0) is 9.59 Å². The van der Waals surface area contributed by atoms with Crippen LogP contribution in [0.2, 0.25) is 0 Å². The van der Waals surface area contributed by atoms with E-state index in [4.69, 9.17) is 0 Å². The van der Waals surface area contributed by atoms with Gasteiger partial charge in [-0.3, -0.25) is 9.59 Å². The lowest BCUT2D eigenvalue weighted by Crippen LogP contribution is -2.29. The highest BCUT2D eigenvalue weighted by Crippen LogP contribution is 2.26. The van der Waals surface area contributed by atoms with Crippen LogP contribution in [0, 0.1) is 5.92 Å². The van der Waals surface area contributed by atoms with Crippen molar-refractivity contribution in [3.8, 4) is 0 Å². The summed E-state index contributed by atoms with van der Waals surface area (Å²) in [5.41, 5.74) is 2.59. The lowest BCUT2D eigenvalue weighted by molar-refractivity contribution is -0.119. The van der Waals surface area contributed by atoms with Crippen molar-refractivity contribution in [3.05, 3.63) is 48.6 Å². The Morgan fingerprint density at radius 2 is 1.84 bits per heavy atom. The molecule has 0 unspecified atom stereocenters. The Balaban J connectivity index is 2.27. The average molecular weight is 255 g/mol. The van der Waals surface area contributed by atoms with E-state index in [1.165, 1.54) is 17.1 Å². The molecule has 98 valence electrons. The molecule has 2 rings (SSSR count). The van der Waals surface area contributed by atoms with E-state index >= 15 is 0 Å². The summed E-state index contributed by atoms with van der Waals surface area (Å²) in [6.07, 6.45) is 3.47. The fourth-order valence-corrected chi connectivity index (χ4v) is 2.13. The van der Waals surface area contributed by atoms with Crippen molar-refractivity contribution in [2.45, 2.75) is 20.3 Å². The van der Waals surface area contributed by atoms with E-state index in [1.807, 2.05) is 18.2 Å². The zero-order valence-electron chi connectivity index (χ0n) is 11.2. The van der Waals surface area contributed by atoms with Gasteiger partial charge in [-0.05, 0) is 35.6 Å². The predicted molar refractivity (Wildman–Crippen MR) is 76.6 cm³/mol. The van der Waals surface area contributed by atoms with Crippen LogP contribution in [0.5, 0.6) is 0 Å². The maximum atomic E-state index is 11.6. The Bertz CT molecular complexity index is 552. The van der Waals surface area contributed by atoms with E-state index in [0.29, 0.717) is 11.6 Å². The number of carbonyl (C=O) groups excluding carboxylic acids is 2. The van der Waals surface area contributed by atoms with Gasteiger partial charge in [0.15, 0.2) is 0 Å². The van der Waals surface area contributed by atoms with Crippen molar-refractivity contribution < 1.29 is 9.59 Å². The molecule has 0 aromatic heterocycles. The van der Waals surface area contributed by atoms with Crippen LogP contribution in [-0.4, -0.2) is 11.8 Å². The smallest absolute Gasteiger partial charge is 0.258 e. The first-order valence-corrected chi connectivity index (χ1v) is 6.33. The SMILES string of the molecule is C=C(CC(C)C)c1cccc(N2C(=O)C=CC2=O)c1. The molecule has 1 aliphatic heterocycles. The van der Waals surface area contributed by atoms with E-state index < -0.39 is 0 Å². The number of carbonyl (C=O) groups is 2. The van der Waals surface area contributed by atoms with Crippen LogP contribution in [0.15, 0.2) is 43.0 Å². The van der Waals surface area contributed by atoms with Crippen molar-refractivity contribution in [3.63, 3.8) is 0 Å². The van der Waals surface area contributed by atoms with Gasteiger partial charge in [-0.1, -0.05) is 32.6 Å². The number of nitrogens with zero attached hydrogens (tertiary/aromatic N) is 1. The second-order valence-electron chi connectivity index (χ2n) is 5.10. The number of anilines is 1. The van der Waals surface area contributed by atoms with Gasteiger partial charge in [0.25, 0.3) is 11.8 Å². The van der Waals surface area contributed by atoms with Crippen molar-refractivity contribution in [1.29, 1.82) is 0 Å². The summed E-state index contributed by atoms with van der Waals surface area (Å²) in [4.78, 5) is 24.5. The average Bonchev–Trinajstić information content (AvgIpc) is 2.68. The second-order valence-corrected chi connectivity index (χ2v) is 5.10. The Kier molecular flexibility index (Phi) is 3.65. The van der Waals surface area contributed by atoms with Crippen molar-refractivity contribution in [2.24, 2.45) is 5.92 Å². The molecule has 0 aliphatic carbocycles. The first-order chi connectivity index (χ1) is 8.99. The van der Waals surface area contributed by atoms with Gasteiger partial charge in [-0.25, -0.2) is 4.90 Å². The van der Waals surface area contributed by atoms with Gasteiger partial charge in [0.05, 0.1) is 5.69 Å². The number of imide groups is 1. The molecule has 3 nitrogen and oxygen atoms in total. The van der Waals surface area contributed by atoms with Crippen LogP contribution in [0.1, 0.15) is 25.8 Å². The lowest BCUT2D eigenvalue weighted by Gasteiger charge is -2.16. The molecule has 1 aromatic rings. The molecule has 1 aliphatic rings. The molecule has 0 atom stereocenters. The Morgan fingerprint density at radius 1 is 1.21 bits per heavy atom. The summed E-state index contributed by atoms with van der Waals surface area (Å²) < 4.78 is 0. The second kappa shape index (κ2) is 5.22. The molecule has 1 heterocycles. The number of hydrogen-bond acceptors (Lipinski definition) is 2. The highest BCUT2D eigenvalue weighted by molar-refractivity contribution is 6.28. The molecule has 0 radical (unpaired) electrons. The summed E-state index contributed by atoms with van der Waals surface area (Å²) in [6.45, 7) is 8.33. The number of hydrogen-bond donors (Lipinski definition) is 0. The number of amides is 2. The molecule has 0 fully saturated rings. The monoisotopic (exact) mass is 255 g/mol. The van der Waals surface area contributed by atoms with E-state index in [0.717, 1.165) is 17.6 Å². The van der Waals surface area contributed by atoms with Crippen LogP contribution in [0.4, 0.5) is 5.69 Å². The number of benzene rings is 1. The molecular formula is C16H17NO2. The minimum atomic E-state index is -0.295. The molecular weight excluding hydrogens is 238 g/mol. The largest absolute Gasteiger partial charge is 0.269 e. The summed E-state index contributed by atoms with van der Waals surface area (Å²) >= 11 is 0. The topological polar surface area (TPSA) is 37.4 Å². The molecule has 3 heteroatoms. The molecule has 1 aromatic carbocycles. The summed E-state index contributed by atoms with van der Waals surface area (Å²) in [6, 6.07) is 7.39. The molecule has 0 bridgehead atoms. The highest BCUT2D eigenvalue weighted by Gasteiger charge is 2.25. The predicted octanol–water partition coefficient (Wildman–Crippen LogP) is 3.18. The van der Waals surface area contributed by atoms with Crippen molar-refractivity contribution in [1.82, 2.24) is 0 Å². The van der Waals surface area contributed by atoms with Gasteiger partial charge in [0, 0.05) is 12.2 Å². The standard InChI is InChI=1S/C16H17NO2/c1-11(2)9-12(3)13-5-4-6-14(10-13)17-15(18)7-8-16(17)19/h4-8,10-11H,3,9H2,1-2H3. The highest BCUT2D eigenvalue weighted by atomic mass is 16.2. The van der Waals surface area contributed by atoms with Gasteiger partial charge in [-0.15, -0.1) is 0 Å². The Morgan fingerprint density at radius 3 is 2.42 bits per heavy atom. The zero-order chi connectivity index (χ0) is 14.0. The lowest BCUT2D eigenvalue weighted by atomic mass is 9.97.